The van der Waals surface area contributed by atoms with Crippen LogP contribution < -0.4 is 15.4 Å². The number of benzene rings is 1. The van der Waals surface area contributed by atoms with Gasteiger partial charge in [-0.05, 0) is 38.5 Å². The molecule has 0 aromatic heterocycles. The molecule has 1 atom stereocenters. The highest BCUT2D eigenvalue weighted by molar-refractivity contribution is 6.04. The molecule has 0 bridgehead atoms. The van der Waals surface area contributed by atoms with E-state index in [1.54, 1.807) is 32.0 Å². The van der Waals surface area contributed by atoms with Gasteiger partial charge in [0.05, 0.1) is 5.69 Å². The number of nitrogens with one attached hydrogen (secondary N) is 2. The molecule has 5 heteroatoms. The molecule has 0 spiro atoms. The van der Waals surface area contributed by atoms with E-state index in [9.17, 15) is 9.59 Å². The van der Waals surface area contributed by atoms with Gasteiger partial charge in [-0.15, -0.1) is 0 Å². The predicted molar refractivity (Wildman–Crippen MR) is 77.8 cm³/mol. The minimum Gasteiger partial charge on any atom is -0.479 e. The Bertz CT molecular complexity index is 578. The fraction of sp³-hybridized carbons (Fsp3) is 0.333. The lowest BCUT2D eigenvalue weighted by atomic mass is 10.2. The first-order valence-electron chi connectivity index (χ1n) is 6.61. The third kappa shape index (κ3) is 2.99. The van der Waals surface area contributed by atoms with Crippen LogP contribution in [0.15, 0.2) is 29.8 Å². The molecule has 1 aliphatic heterocycles. The van der Waals surface area contributed by atoms with E-state index in [0.717, 1.165) is 6.42 Å². The fourth-order valence-electron chi connectivity index (χ4n) is 1.92. The summed E-state index contributed by atoms with van der Waals surface area (Å²) in [6, 6.07) is 5.18. The third-order valence-corrected chi connectivity index (χ3v) is 3.04. The second-order valence-electron chi connectivity index (χ2n) is 4.71. The number of ether oxygens (including phenoxy) is 1. The summed E-state index contributed by atoms with van der Waals surface area (Å²) < 4.78 is 5.45. The van der Waals surface area contributed by atoms with E-state index in [0.29, 0.717) is 22.7 Å². The molecule has 1 aromatic rings. The Morgan fingerprint density at radius 1 is 1.50 bits per heavy atom. The zero-order valence-electron chi connectivity index (χ0n) is 11.8. The van der Waals surface area contributed by atoms with Crippen LogP contribution >= 0.6 is 0 Å². The Morgan fingerprint density at radius 3 is 2.95 bits per heavy atom. The zero-order valence-corrected chi connectivity index (χ0v) is 11.8. The SMILES string of the molecule is CC/C=C(/C)C(=O)Nc1ccc2c(c1)NC(=O)C(C)O2. The summed E-state index contributed by atoms with van der Waals surface area (Å²) in [4.78, 5) is 23.4. The van der Waals surface area contributed by atoms with Crippen molar-refractivity contribution in [1.29, 1.82) is 0 Å². The van der Waals surface area contributed by atoms with Crippen molar-refractivity contribution < 1.29 is 14.3 Å². The quantitative estimate of drug-likeness (QED) is 0.833. The molecular formula is C15H18N2O3. The van der Waals surface area contributed by atoms with Crippen molar-refractivity contribution in [2.75, 3.05) is 10.6 Å². The summed E-state index contributed by atoms with van der Waals surface area (Å²) in [5, 5.41) is 5.54. The second-order valence-corrected chi connectivity index (χ2v) is 4.71. The maximum absolute atomic E-state index is 11.9. The maximum Gasteiger partial charge on any atom is 0.265 e. The molecule has 0 radical (unpaired) electrons. The largest absolute Gasteiger partial charge is 0.479 e. The molecule has 1 unspecified atom stereocenters. The van der Waals surface area contributed by atoms with E-state index < -0.39 is 6.10 Å². The van der Waals surface area contributed by atoms with Gasteiger partial charge in [0.2, 0.25) is 0 Å². The Morgan fingerprint density at radius 2 is 2.25 bits per heavy atom. The molecule has 2 amide bonds. The zero-order chi connectivity index (χ0) is 14.7. The highest BCUT2D eigenvalue weighted by atomic mass is 16.5. The maximum atomic E-state index is 11.9. The molecular weight excluding hydrogens is 256 g/mol. The Balaban J connectivity index is 2.16. The van der Waals surface area contributed by atoms with Crippen molar-refractivity contribution in [3.05, 3.63) is 29.8 Å². The minimum atomic E-state index is -0.502. The molecule has 5 nitrogen and oxygen atoms in total. The first kappa shape index (κ1) is 14.1. The molecule has 1 aromatic carbocycles. The number of allylic oxidation sites excluding steroid dienone is 1. The van der Waals surface area contributed by atoms with Gasteiger partial charge in [-0.3, -0.25) is 9.59 Å². The lowest BCUT2D eigenvalue weighted by molar-refractivity contribution is -0.122. The van der Waals surface area contributed by atoms with Crippen molar-refractivity contribution >= 4 is 23.2 Å². The summed E-state index contributed by atoms with van der Waals surface area (Å²) in [7, 11) is 0. The van der Waals surface area contributed by atoms with Gasteiger partial charge in [-0.1, -0.05) is 13.0 Å². The van der Waals surface area contributed by atoms with Crippen LogP contribution in [0.5, 0.6) is 5.75 Å². The minimum absolute atomic E-state index is 0.150. The Labute approximate surface area is 118 Å². The van der Waals surface area contributed by atoms with Crippen LogP contribution in [0.2, 0.25) is 0 Å². The first-order chi connectivity index (χ1) is 9.51. The average Bonchev–Trinajstić information content (AvgIpc) is 2.40. The van der Waals surface area contributed by atoms with Crippen molar-refractivity contribution in [2.24, 2.45) is 0 Å². The number of hydrogen-bond acceptors (Lipinski definition) is 3. The first-order valence-corrected chi connectivity index (χ1v) is 6.61. The average molecular weight is 274 g/mol. The van der Waals surface area contributed by atoms with Crippen LogP contribution in [-0.4, -0.2) is 17.9 Å². The van der Waals surface area contributed by atoms with Gasteiger partial charge in [0.1, 0.15) is 5.75 Å². The standard InChI is InChI=1S/C15H18N2O3/c1-4-5-9(2)14(18)16-11-6-7-13-12(8-11)17-15(19)10(3)20-13/h5-8,10H,4H2,1-3H3,(H,16,18)(H,17,19)/b9-5-. The van der Waals surface area contributed by atoms with Gasteiger partial charge in [-0.2, -0.15) is 0 Å². The number of amides is 2. The molecule has 0 saturated heterocycles. The summed E-state index contributed by atoms with van der Waals surface area (Å²) in [5.74, 6) is 0.266. The van der Waals surface area contributed by atoms with E-state index in [2.05, 4.69) is 10.6 Å². The Kier molecular flexibility index (Phi) is 4.08. The van der Waals surface area contributed by atoms with Crippen molar-refractivity contribution in [2.45, 2.75) is 33.3 Å². The van der Waals surface area contributed by atoms with Gasteiger partial charge in [0, 0.05) is 11.3 Å². The molecule has 0 fully saturated rings. The number of anilines is 2. The lowest BCUT2D eigenvalue weighted by Gasteiger charge is -2.23. The number of carbonyl (C=O) groups is 2. The smallest absolute Gasteiger partial charge is 0.265 e. The topological polar surface area (TPSA) is 67.4 Å². The van der Waals surface area contributed by atoms with Gasteiger partial charge in [0.15, 0.2) is 6.10 Å². The summed E-state index contributed by atoms with van der Waals surface area (Å²) in [6.07, 6.45) is 2.17. The summed E-state index contributed by atoms with van der Waals surface area (Å²) in [5.41, 5.74) is 1.86. The van der Waals surface area contributed by atoms with Gasteiger partial charge >= 0.3 is 0 Å². The molecule has 2 rings (SSSR count). The third-order valence-electron chi connectivity index (χ3n) is 3.04. The molecule has 20 heavy (non-hydrogen) atoms. The second kappa shape index (κ2) is 5.77. The van der Waals surface area contributed by atoms with Crippen molar-refractivity contribution in [3.63, 3.8) is 0 Å². The predicted octanol–water partition coefficient (Wildman–Crippen LogP) is 2.70. The van der Waals surface area contributed by atoms with Gasteiger partial charge < -0.3 is 15.4 Å². The highest BCUT2D eigenvalue weighted by Gasteiger charge is 2.23. The fourth-order valence-corrected chi connectivity index (χ4v) is 1.92. The van der Waals surface area contributed by atoms with Gasteiger partial charge in [-0.25, -0.2) is 0 Å². The number of hydrogen-bond donors (Lipinski definition) is 2. The highest BCUT2D eigenvalue weighted by Crippen LogP contribution is 2.32. The van der Waals surface area contributed by atoms with E-state index in [-0.39, 0.29) is 11.8 Å². The Hall–Kier alpha value is -2.30. The van der Waals surface area contributed by atoms with Crippen LogP contribution in [0.3, 0.4) is 0 Å². The molecule has 1 heterocycles. The molecule has 0 saturated carbocycles. The van der Waals surface area contributed by atoms with E-state index in [1.807, 2.05) is 13.0 Å². The van der Waals surface area contributed by atoms with Crippen molar-refractivity contribution in [1.82, 2.24) is 0 Å². The summed E-state index contributed by atoms with van der Waals surface area (Å²) >= 11 is 0. The number of carbonyl (C=O) groups excluding carboxylic acids is 2. The van der Waals surface area contributed by atoms with Crippen LogP contribution in [0.1, 0.15) is 27.2 Å². The van der Waals surface area contributed by atoms with Crippen molar-refractivity contribution in [3.8, 4) is 5.75 Å². The van der Waals surface area contributed by atoms with Crippen LogP contribution in [0.4, 0.5) is 11.4 Å². The van der Waals surface area contributed by atoms with E-state index in [4.69, 9.17) is 4.74 Å². The molecule has 2 N–H and O–H groups in total. The van der Waals surface area contributed by atoms with Crippen LogP contribution in [0, 0.1) is 0 Å². The molecule has 1 aliphatic rings. The number of rotatable bonds is 3. The van der Waals surface area contributed by atoms with Crippen LogP contribution in [-0.2, 0) is 9.59 Å². The summed E-state index contributed by atoms with van der Waals surface area (Å²) in [6.45, 7) is 5.43. The number of fused-ring (bicyclic) bond motifs is 1. The molecule has 0 aliphatic carbocycles. The lowest BCUT2D eigenvalue weighted by Crippen LogP contribution is -2.34. The van der Waals surface area contributed by atoms with Crippen LogP contribution in [0.25, 0.3) is 0 Å². The molecule has 106 valence electrons. The monoisotopic (exact) mass is 274 g/mol. The van der Waals surface area contributed by atoms with E-state index in [1.165, 1.54) is 0 Å². The normalized spacial score (nSPS) is 17.9. The van der Waals surface area contributed by atoms with E-state index >= 15 is 0 Å². The van der Waals surface area contributed by atoms with Gasteiger partial charge in [0.25, 0.3) is 11.8 Å².